The third-order valence-corrected chi connectivity index (χ3v) is 10.4. The summed E-state index contributed by atoms with van der Waals surface area (Å²) in [5.74, 6) is 6.56. The van der Waals surface area contributed by atoms with Crippen LogP contribution in [0, 0.1) is 11.8 Å². The molecule has 2 atom stereocenters. The van der Waals surface area contributed by atoms with Gasteiger partial charge in [-0.25, -0.2) is 0 Å². The molecule has 0 fully saturated rings. The molecule has 51 heavy (non-hydrogen) atoms. The minimum absolute atomic E-state index is 0.227. The van der Waals surface area contributed by atoms with Crippen LogP contribution in [0.15, 0.2) is 158 Å². The van der Waals surface area contributed by atoms with Gasteiger partial charge in [-0.2, -0.15) is 0 Å². The number of anilines is 4. The molecule has 1 aliphatic carbocycles. The zero-order valence-corrected chi connectivity index (χ0v) is 28.8. The molecule has 0 bridgehead atoms. The largest absolute Gasteiger partial charge is 0.340 e. The van der Waals surface area contributed by atoms with Crippen molar-refractivity contribution in [1.29, 1.82) is 0 Å². The summed E-state index contributed by atoms with van der Waals surface area (Å²) in [4.78, 5) is 16.9. The van der Waals surface area contributed by atoms with E-state index in [9.17, 15) is 0 Å². The highest BCUT2D eigenvalue weighted by molar-refractivity contribution is 6.09. The van der Waals surface area contributed by atoms with Crippen LogP contribution in [0.25, 0.3) is 27.5 Å². The van der Waals surface area contributed by atoms with E-state index in [1.165, 1.54) is 33.1 Å². The van der Waals surface area contributed by atoms with Crippen molar-refractivity contribution in [1.82, 2.24) is 14.5 Å². The topological polar surface area (TPSA) is 40.4 Å². The molecule has 0 spiro atoms. The summed E-state index contributed by atoms with van der Waals surface area (Å²) in [6.07, 6.45) is 22.0. The van der Waals surface area contributed by atoms with E-state index in [-0.39, 0.29) is 6.04 Å². The Morgan fingerprint density at radius 3 is 2.14 bits per heavy atom. The summed E-state index contributed by atoms with van der Waals surface area (Å²) < 4.78 is 2.33. The molecule has 5 heterocycles. The maximum atomic E-state index is 4.82. The Labute approximate surface area is 299 Å². The van der Waals surface area contributed by atoms with E-state index in [0.29, 0.717) is 12.3 Å². The van der Waals surface area contributed by atoms with Crippen molar-refractivity contribution in [3.8, 4) is 17.5 Å². The first kappa shape index (κ1) is 30.7. The van der Waals surface area contributed by atoms with E-state index in [1.807, 2.05) is 31.7 Å². The molecule has 6 nitrogen and oxygen atoms in total. The molecule has 2 unspecified atom stereocenters. The van der Waals surface area contributed by atoms with Gasteiger partial charge in [0.15, 0.2) is 0 Å². The number of nitrogens with zero attached hydrogens (tertiary/aromatic N) is 6. The zero-order valence-electron chi connectivity index (χ0n) is 28.8. The summed E-state index contributed by atoms with van der Waals surface area (Å²) in [5, 5.41) is 2.48. The molecule has 0 saturated carbocycles. The van der Waals surface area contributed by atoms with Crippen LogP contribution < -0.4 is 14.7 Å². The van der Waals surface area contributed by atoms with Crippen LogP contribution in [0.1, 0.15) is 31.7 Å². The summed E-state index contributed by atoms with van der Waals surface area (Å²) >= 11 is 0. The van der Waals surface area contributed by atoms with Crippen LogP contribution in [0.2, 0.25) is 0 Å². The Balaban J connectivity index is 1.11. The third-order valence-electron chi connectivity index (χ3n) is 10.4. The Hall–Kier alpha value is -6.32. The second kappa shape index (κ2) is 12.9. The fourth-order valence-electron chi connectivity index (χ4n) is 8.13. The van der Waals surface area contributed by atoms with E-state index in [1.54, 1.807) is 0 Å². The smallest absolute Gasteiger partial charge is 0.0666 e. The van der Waals surface area contributed by atoms with Crippen molar-refractivity contribution in [3.63, 3.8) is 0 Å². The average Bonchev–Trinajstić information content (AvgIpc) is 3.70. The summed E-state index contributed by atoms with van der Waals surface area (Å²) in [6, 6.07) is 30.8. The normalized spacial score (nSPS) is 18.1. The quantitative estimate of drug-likeness (QED) is 0.166. The van der Waals surface area contributed by atoms with Crippen molar-refractivity contribution in [2.45, 2.75) is 32.2 Å². The van der Waals surface area contributed by atoms with E-state index < -0.39 is 0 Å². The minimum atomic E-state index is 0.227. The number of rotatable bonds is 6. The van der Waals surface area contributed by atoms with Gasteiger partial charge < -0.3 is 19.3 Å². The number of fused-ring (bicyclic) bond motifs is 6. The molecule has 3 aromatic carbocycles. The lowest BCUT2D eigenvalue weighted by Gasteiger charge is -2.39. The Kier molecular flexibility index (Phi) is 7.74. The van der Waals surface area contributed by atoms with Gasteiger partial charge in [0.1, 0.15) is 0 Å². The standard InChI is InChI=1S/C45H38N6/c1-3-4-5-6-19-41-32(2)48(33-26-35(30-46-28-33)50-42-20-11-7-15-37(42)38-16-8-12-21-43(38)50)24-25-49(41)34-27-36(31-47-29-34)51-44-22-13-9-17-39(44)40-18-10-14-23-45(40)51/h6-23,26-31,37,42H,5,24-25H2,1-2H3/b19-6-. The van der Waals surface area contributed by atoms with Gasteiger partial charge in [-0.3, -0.25) is 9.97 Å². The molecule has 6 heteroatoms. The molecular formula is C45H38N6. The zero-order chi connectivity index (χ0) is 34.3. The number of benzene rings is 3. The van der Waals surface area contributed by atoms with E-state index in [2.05, 4.69) is 159 Å². The number of hydrogen-bond acceptors (Lipinski definition) is 5. The number of para-hydroxylation sites is 3. The Morgan fingerprint density at radius 1 is 0.725 bits per heavy atom. The summed E-state index contributed by atoms with van der Waals surface area (Å²) in [5.41, 5.74) is 11.5. The fraction of sp³-hybridized carbons (Fsp3) is 0.156. The molecule has 9 rings (SSSR count). The molecular weight excluding hydrogens is 625 g/mol. The Bertz CT molecular complexity index is 2430. The fourth-order valence-corrected chi connectivity index (χ4v) is 8.13. The molecule has 6 aromatic rings. The van der Waals surface area contributed by atoms with Gasteiger partial charge >= 0.3 is 0 Å². The Morgan fingerprint density at radius 2 is 1.35 bits per heavy atom. The van der Waals surface area contributed by atoms with Gasteiger partial charge in [-0.15, -0.1) is 5.92 Å². The molecule has 3 aliphatic rings. The van der Waals surface area contributed by atoms with Crippen molar-refractivity contribution in [2.24, 2.45) is 0 Å². The van der Waals surface area contributed by atoms with Crippen LogP contribution in [-0.4, -0.2) is 33.7 Å². The molecule has 0 saturated heterocycles. The van der Waals surface area contributed by atoms with Crippen molar-refractivity contribution in [3.05, 3.63) is 163 Å². The lowest BCUT2D eigenvalue weighted by Crippen LogP contribution is -2.41. The van der Waals surface area contributed by atoms with Crippen molar-refractivity contribution in [2.75, 3.05) is 27.8 Å². The van der Waals surface area contributed by atoms with E-state index in [4.69, 9.17) is 9.97 Å². The van der Waals surface area contributed by atoms with Crippen LogP contribution in [0.5, 0.6) is 0 Å². The van der Waals surface area contributed by atoms with Crippen molar-refractivity contribution >= 4 is 44.6 Å². The molecule has 3 aromatic heterocycles. The molecule has 0 N–H and O–H groups in total. The predicted octanol–water partition coefficient (Wildman–Crippen LogP) is 9.83. The highest BCUT2D eigenvalue weighted by Gasteiger charge is 2.37. The summed E-state index contributed by atoms with van der Waals surface area (Å²) in [6.45, 7) is 5.68. The van der Waals surface area contributed by atoms with Gasteiger partial charge in [0.05, 0.1) is 70.3 Å². The molecule has 248 valence electrons. The lowest BCUT2D eigenvalue weighted by molar-refractivity contribution is 0.742. The average molecular weight is 663 g/mol. The number of allylic oxidation sites excluding steroid dienone is 5. The maximum absolute atomic E-state index is 4.82. The van der Waals surface area contributed by atoms with Crippen molar-refractivity contribution < 1.29 is 0 Å². The predicted molar refractivity (Wildman–Crippen MR) is 211 cm³/mol. The first-order valence-electron chi connectivity index (χ1n) is 17.6. The second-order valence-electron chi connectivity index (χ2n) is 13.2. The minimum Gasteiger partial charge on any atom is -0.340 e. The van der Waals surface area contributed by atoms with Gasteiger partial charge in [0.25, 0.3) is 0 Å². The van der Waals surface area contributed by atoms with Crippen LogP contribution in [-0.2, 0) is 0 Å². The SMILES string of the molecule is CC#CC/C=C\C1=C(C)N(c2cncc(N3c4ccccc4C4C=CC=CC43)c2)CCN1c1cncc(-n2c3ccccc3c3ccccc32)c1. The van der Waals surface area contributed by atoms with E-state index >= 15 is 0 Å². The molecule has 0 amide bonds. The van der Waals surface area contributed by atoms with Crippen LogP contribution in [0.4, 0.5) is 22.7 Å². The first-order valence-corrected chi connectivity index (χ1v) is 17.6. The number of hydrogen-bond donors (Lipinski definition) is 0. The maximum Gasteiger partial charge on any atom is 0.0666 e. The van der Waals surface area contributed by atoms with Gasteiger partial charge in [-0.1, -0.05) is 90.9 Å². The second-order valence-corrected chi connectivity index (χ2v) is 13.2. The monoisotopic (exact) mass is 662 g/mol. The highest BCUT2D eigenvalue weighted by atomic mass is 15.3. The highest BCUT2D eigenvalue weighted by Crippen LogP contribution is 2.48. The van der Waals surface area contributed by atoms with Crippen LogP contribution in [0.3, 0.4) is 0 Å². The van der Waals surface area contributed by atoms with Gasteiger partial charge in [0, 0.05) is 47.6 Å². The summed E-state index contributed by atoms with van der Waals surface area (Å²) in [7, 11) is 0. The van der Waals surface area contributed by atoms with Gasteiger partial charge in [-0.05, 0) is 55.8 Å². The number of pyridine rings is 2. The molecule has 0 radical (unpaired) electrons. The van der Waals surface area contributed by atoms with Crippen LogP contribution >= 0.6 is 0 Å². The van der Waals surface area contributed by atoms with Gasteiger partial charge in [0.2, 0.25) is 0 Å². The lowest BCUT2D eigenvalue weighted by atomic mass is 9.91. The first-order chi connectivity index (χ1) is 25.2. The molecule has 2 aliphatic heterocycles. The van der Waals surface area contributed by atoms with E-state index in [0.717, 1.165) is 47.2 Å². The number of aromatic nitrogens is 3. The third kappa shape index (κ3) is 5.21.